The van der Waals surface area contributed by atoms with Gasteiger partial charge in [-0.25, -0.2) is 9.97 Å². The number of halogens is 3. The number of alkyl halides is 3. The number of anilines is 1. The van der Waals surface area contributed by atoms with Gasteiger partial charge in [0.25, 0.3) is 0 Å². The van der Waals surface area contributed by atoms with Gasteiger partial charge < -0.3 is 10.3 Å². The van der Waals surface area contributed by atoms with Gasteiger partial charge in [-0.1, -0.05) is 6.07 Å². The fourth-order valence-electron chi connectivity index (χ4n) is 4.12. The highest BCUT2D eigenvalue weighted by atomic mass is 32.1. The molecule has 10 heteroatoms. The Bertz CT molecular complexity index is 1230. The number of nitrogens with one attached hydrogen (secondary N) is 2. The molecule has 1 aliphatic carbocycles. The van der Waals surface area contributed by atoms with Crippen molar-refractivity contribution in [1.29, 1.82) is 0 Å². The van der Waals surface area contributed by atoms with Crippen LogP contribution in [0, 0.1) is 6.92 Å². The molecule has 1 saturated carbocycles. The van der Waals surface area contributed by atoms with Crippen LogP contribution in [0.3, 0.4) is 0 Å². The van der Waals surface area contributed by atoms with Crippen LogP contribution in [0.4, 0.5) is 19.1 Å². The lowest BCUT2D eigenvalue weighted by Gasteiger charge is -2.29. The number of nitrogens with zero attached hydrogens (tertiary/aromatic N) is 3. The van der Waals surface area contributed by atoms with E-state index in [1.54, 1.807) is 17.5 Å². The smallest absolute Gasteiger partial charge is 0.351 e. The summed E-state index contributed by atoms with van der Waals surface area (Å²) in [5.74, 6) is 0.467. The SMILES string of the molecule is Cc1nc2ccc(-c3c[nH]c4nc(NC5CCC(OC(F)(F)F)CC5)ncc34)cc2s1. The summed E-state index contributed by atoms with van der Waals surface area (Å²) in [5.41, 5.74) is 3.78. The van der Waals surface area contributed by atoms with Crippen LogP contribution in [0.5, 0.6) is 0 Å². The van der Waals surface area contributed by atoms with Crippen molar-refractivity contribution in [2.24, 2.45) is 0 Å². The Balaban J connectivity index is 1.30. The molecule has 0 saturated heterocycles. The monoisotopic (exact) mass is 447 g/mol. The third-order valence-corrected chi connectivity index (χ3v) is 6.48. The molecule has 5 rings (SSSR count). The maximum atomic E-state index is 12.4. The van der Waals surface area contributed by atoms with Gasteiger partial charge >= 0.3 is 6.36 Å². The highest BCUT2D eigenvalue weighted by Crippen LogP contribution is 2.33. The molecule has 31 heavy (non-hydrogen) atoms. The van der Waals surface area contributed by atoms with Gasteiger partial charge in [-0.05, 0) is 50.3 Å². The van der Waals surface area contributed by atoms with E-state index in [4.69, 9.17) is 0 Å². The van der Waals surface area contributed by atoms with Crippen LogP contribution >= 0.6 is 11.3 Å². The minimum Gasteiger partial charge on any atom is -0.351 e. The number of rotatable bonds is 4. The molecule has 0 radical (unpaired) electrons. The fraction of sp³-hybridized carbons (Fsp3) is 0.381. The first-order valence-corrected chi connectivity index (χ1v) is 10.9. The second kappa shape index (κ2) is 7.76. The van der Waals surface area contributed by atoms with Gasteiger partial charge in [0.15, 0.2) is 0 Å². The summed E-state index contributed by atoms with van der Waals surface area (Å²) in [7, 11) is 0. The van der Waals surface area contributed by atoms with Crippen molar-refractivity contribution in [2.45, 2.75) is 51.1 Å². The molecule has 4 aromatic rings. The number of aromatic nitrogens is 4. The van der Waals surface area contributed by atoms with E-state index < -0.39 is 12.5 Å². The molecule has 2 N–H and O–H groups in total. The van der Waals surface area contributed by atoms with E-state index in [1.807, 2.05) is 25.3 Å². The number of fused-ring (bicyclic) bond motifs is 2. The van der Waals surface area contributed by atoms with Crippen LogP contribution < -0.4 is 5.32 Å². The molecule has 162 valence electrons. The molecular formula is C21H20F3N5OS. The Labute approximate surface area is 179 Å². The number of ether oxygens (including phenoxy) is 1. The lowest BCUT2D eigenvalue weighted by molar-refractivity contribution is -0.345. The number of aryl methyl sites for hydroxylation is 1. The van der Waals surface area contributed by atoms with Gasteiger partial charge in [-0.2, -0.15) is 4.98 Å². The summed E-state index contributed by atoms with van der Waals surface area (Å²) in [6.45, 7) is 1.99. The van der Waals surface area contributed by atoms with E-state index in [1.165, 1.54) is 0 Å². The highest BCUT2D eigenvalue weighted by Gasteiger charge is 2.35. The number of H-pyrrole nitrogens is 1. The second-order valence-corrected chi connectivity index (χ2v) is 8.99. The fourth-order valence-corrected chi connectivity index (χ4v) is 4.99. The summed E-state index contributed by atoms with van der Waals surface area (Å²) in [4.78, 5) is 16.7. The molecule has 0 bridgehead atoms. The molecule has 0 spiro atoms. The first kappa shape index (κ1) is 20.2. The molecule has 0 unspecified atom stereocenters. The third kappa shape index (κ3) is 4.35. The minimum absolute atomic E-state index is 0.0249. The van der Waals surface area contributed by atoms with E-state index in [9.17, 15) is 13.2 Å². The van der Waals surface area contributed by atoms with Crippen LogP contribution in [0.25, 0.3) is 32.4 Å². The topological polar surface area (TPSA) is 75.7 Å². The average Bonchev–Trinajstić information content (AvgIpc) is 3.29. The summed E-state index contributed by atoms with van der Waals surface area (Å²) in [6, 6.07) is 6.20. The van der Waals surface area contributed by atoms with Gasteiger partial charge in [-0.3, -0.25) is 4.74 Å². The van der Waals surface area contributed by atoms with E-state index in [-0.39, 0.29) is 6.04 Å². The van der Waals surface area contributed by atoms with Crippen LogP contribution in [0.1, 0.15) is 30.7 Å². The molecule has 1 fully saturated rings. The quantitative estimate of drug-likeness (QED) is 0.413. The van der Waals surface area contributed by atoms with Crippen molar-refractivity contribution in [1.82, 2.24) is 19.9 Å². The lowest BCUT2D eigenvalue weighted by atomic mass is 9.93. The van der Waals surface area contributed by atoms with Crippen molar-refractivity contribution in [3.63, 3.8) is 0 Å². The minimum atomic E-state index is -4.58. The molecule has 0 atom stereocenters. The van der Waals surface area contributed by atoms with E-state index >= 15 is 0 Å². The molecule has 1 aliphatic rings. The van der Waals surface area contributed by atoms with Crippen LogP contribution in [0.2, 0.25) is 0 Å². The molecular weight excluding hydrogens is 427 g/mol. The second-order valence-electron chi connectivity index (χ2n) is 7.76. The van der Waals surface area contributed by atoms with E-state index in [2.05, 4.69) is 36.1 Å². The zero-order valence-electron chi connectivity index (χ0n) is 16.7. The Morgan fingerprint density at radius 3 is 2.74 bits per heavy atom. The van der Waals surface area contributed by atoms with Gasteiger partial charge in [0.1, 0.15) is 5.65 Å². The van der Waals surface area contributed by atoms with Crippen LogP contribution in [-0.4, -0.2) is 38.4 Å². The van der Waals surface area contributed by atoms with Crippen molar-refractivity contribution >= 4 is 38.5 Å². The molecule has 1 aromatic carbocycles. The number of benzene rings is 1. The standard InChI is InChI=1S/C21H20F3N5OS/c1-11-27-17-7-2-12(8-18(17)31-11)15-9-25-19-16(15)10-26-20(29-19)28-13-3-5-14(6-4-13)30-21(22,23)24/h2,7-10,13-14H,3-6H2,1H3,(H2,25,26,28,29). The summed E-state index contributed by atoms with van der Waals surface area (Å²) in [6.07, 6.45) is 0.200. The predicted molar refractivity (Wildman–Crippen MR) is 114 cm³/mol. The van der Waals surface area contributed by atoms with Crippen molar-refractivity contribution < 1.29 is 17.9 Å². The Morgan fingerprint density at radius 2 is 1.97 bits per heavy atom. The van der Waals surface area contributed by atoms with E-state index in [0.29, 0.717) is 37.3 Å². The number of aromatic amines is 1. The normalized spacial score (nSPS) is 19.9. The van der Waals surface area contributed by atoms with Crippen LogP contribution in [-0.2, 0) is 4.74 Å². The number of thiazole rings is 1. The Kier molecular flexibility index (Phi) is 5.05. The Morgan fingerprint density at radius 1 is 1.16 bits per heavy atom. The van der Waals surface area contributed by atoms with Crippen LogP contribution in [0.15, 0.2) is 30.6 Å². The van der Waals surface area contributed by atoms with Gasteiger partial charge in [0.05, 0.1) is 21.3 Å². The third-order valence-electron chi connectivity index (χ3n) is 5.55. The number of hydrogen-bond donors (Lipinski definition) is 2. The largest absolute Gasteiger partial charge is 0.522 e. The summed E-state index contributed by atoms with van der Waals surface area (Å²) >= 11 is 1.66. The highest BCUT2D eigenvalue weighted by molar-refractivity contribution is 7.18. The van der Waals surface area contributed by atoms with Crippen molar-refractivity contribution in [2.75, 3.05) is 5.32 Å². The predicted octanol–water partition coefficient (Wildman–Crippen LogP) is 5.80. The molecule has 3 heterocycles. The van der Waals surface area contributed by atoms with Gasteiger partial charge in [0, 0.05) is 29.4 Å². The van der Waals surface area contributed by atoms with E-state index in [0.717, 1.165) is 31.7 Å². The lowest BCUT2D eigenvalue weighted by Crippen LogP contribution is -2.33. The summed E-state index contributed by atoms with van der Waals surface area (Å²) < 4.78 is 42.4. The molecule has 6 nitrogen and oxygen atoms in total. The van der Waals surface area contributed by atoms with Crippen molar-refractivity contribution in [3.8, 4) is 11.1 Å². The first-order valence-electron chi connectivity index (χ1n) is 10.1. The number of hydrogen-bond acceptors (Lipinski definition) is 6. The maximum absolute atomic E-state index is 12.4. The average molecular weight is 447 g/mol. The molecule has 0 amide bonds. The Hall–Kier alpha value is -2.72. The zero-order valence-corrected chi connectivity index (χ0v) is 17.5. The molecule has 3 aromatic heterocycles. The summed E-state index contributed by atoms with van der Waals surface area (Å²) in [5, 5.41) is 5.19. The first-order chi connectivity index (χ1) is 14.8. The zero-order chi connectivity index (χ0) is 21.6. The van der Waals surface area contributed by atoms with Gasteiger partial charge in [-0.15, -0.1) is 24.5 Å². The van der Waals surface area contributed by atoms with Gasteiger partial charge in [0.2, 0.25) is 5.95 Å². The van der Waals surface area contributed by atoms with Crippen molar-refractivity contribution in [3.05, 3.63) is 35.6 Å². The maximum Gasteiger partial charge on any atom is 0.522 e. The molecule has 0 aliphatic heterocycles.